The van der Waals surface area contributed by atoms with Crippen LogP contribution < -0.4 is 10.6 Å². The van der Waals surface area contributed by atoms with Crippen LogP contribution in [0.3, 0.4) is 0 Å². The number of aliphatic imine (C=N–C) groups is 1. The van der Waals surface area contributed by atoms with Gasteiger partial charge in [-0.15, -0.1) is 24.0 Å². The molecule has 2 N–H and O–H groups in total. The number of thiophene rings is 1. The molecule has 2 rings (SSSR count). The van der Waals surface area contributed by atoms with Crippen molar-refractivity contribution in [2.45, 2.75) is 20.0 Å². The van der Waals surface area contributed by atoms with Crippen LogP contribution in [-0.4, -0.2) is 12.5 Å². The van der Waals surface area contributed by atoms with Crippen molar-refractivity contribution in [1.82, 2.24) is 10.6 Å². The normalized spacial score (nSPS) is 11.0. The van der Waals surface area contributed by atoms with Gasteiger partial charge in [-0.1, -0.05) is 0 Å². The molecule has 0 unspecified atom stereocenters. The Morgan fingerprint density at radius 3 is 2.73 bits per heavy atom. The van der Waals surface area contributed by atoms with Gasteiger partial charge in [0.05, 0.1) is 6.54 Å². The summed E-state index contributed by atoms with van der Waals surface area (Å²) < 4.78 is 26.7. The Kier molecular flexibility index (Phi) is 8.32. The molecule has 0 aliphatic carbocycles. The second-order valence-corrected chi connectivity index (χ2v) is 5.20. The summed E-state index contributed by atoms with van der Waals surface area (Å²) in [6.45, 7) is 3.37. The van der Waals surface area contributed by atoms with E-state index < -0.39 is 11.6 Å². The minimum Gasteiger partial charge on any atom is -0.357 e. The predicted octanol–water partition coefficient (Wildman–Crippen LogP) is 3.90. The van der Waals surface area contributed by atoms with Crippen molar-refractivity contribution in [1.29, 1.82) is 0 Å². The molecule has 7 heteroatoms. The number of guanidine groups is 1. The highest BCUT2D eigenvalue weighted by Crippen LogP contribution is 2.09. The molecular formula is C15H18F2IN3S. The number of nitrogens with zero attached hydrogens (tertiary/aromatic N) is 1. The lowest BCUT2D eigenvalue weighted by Gasteiger charge is -2.11. The van der Waals surface area contributed by atoms with Crippen molar-refractivity contribution >= 4 is 41.3 Å². The van der Waals surface area contributed by atoms with Gasteiger partial charge in [0.1, 0.15) is 11.6 Å². The molecule has 0 aliphatic heterocycles. The van der Waals surface area contributed by atoms with E-state index in [2.05, 4.69) is 15.6 Å². The maximum Gasteiger partial charge on any atom is 0.191 e. The smallest absolute Gasteiger partial charge is 0.191 e. The zero-order valence-electron chi connectivity index (χ0n) is 12.1. The van der Waals surface area contributed by atoms with Crippen LogP contribution in [-0.2, 0) is 13.1 Å². The standard InChI is InChI=1S/C15H17F2N3S.HI/c1-2-18-15(19-8-11-5-6-21-10-11)20-9-12-7-13(16)3-4-14(12)17;/h3-7,10H,2,8-9H2,1H3,(H2,18,19,20);1H. The minimum absolute atomic E-state index is 0. The third-order valence-corrected chi connectivity index (χ3v) is 3.53. The maximum absolute atomic E-state index is 13.5. The summed E-state index contributed by atoms with van der Waals surface area (Å²) in [7, 11) is 0. The van der Waals surface area contributed by atoms with Gasteiger partial charge in [-0.3, -0.25) is 0 Å². The Labute approximate surface area is 149 Å². The molecule has 0 saturated carbocycles. The van der Waals surface area contributed by atoms with Gasteiger partial charge < -0.3 is 10.6 Å². The second kappa shape index (κ2) is 9.73. The molecule has 0 saturated heterocycles. The number of rotatable bonds is 5. The van der Waals surface area contributed by atoms with Crippen LogP contribution in [0.25, 0.3) is 0 Å². The van der Waals surface area contributed by atoms with Gasteiger partial charge in [-0.2, -0.15) is 11.3 Å². The van der Waals surface area contributed by atoms with Crippen LogP contribution in [0.1, 0.15) is 18.1 Å². The molecule has 1 aromatic carbocycles. The summed E-state index contributed by atoms with van der Waals surface area (Å²) in [5.41, 5.74) is 1.39. The average molecular weight is 437 g/mol. The van der Waals surface area contributed by atoms with Gasteiger partial charge in [-0.05, 0) is 47.5 Å². The molecule has 0 atom stereocenters. The highest BCUT2D eigenvalue weighted by atomic mass is 127. The third-order valence-electron chi connectivity index (χ3n) is 2.80. The van der Waals surface area contributed by atoms with Crippen molar-refractivity contribution in [3.63, 3.8) is 0 Å². The Morgan fingerprint density at radius 2 is 2.05 bits per heavy atom. The van der Waals surface area contributed by atoms with E-state index in [9.17, 15) is 8.78 Å². The Bertz CT molecular complexity index is 603. The zero-order valence-corrected chi connectivity index (χ0v) is 15.3. The molecule has 2 aromatic rings. The Balaban J connectivity index is 0.00000242. The molecule has 0 bridgehead atoms. The number of benzene rings is 1. The van der Waals surface area contributed by atoms with Gasteiger partial charge in [0, 0.05) is 18.7 Å². The van der Waals surface area contributed by atoms with E-state index in [4.69, 9.17) is 0 Å². The van der Waals surface area contributed by atoms with E-state index in [1.807, 2.05) is 23.8 Å². The third kappa shape index (κ3) is 5.88. The van der Waals surface area contributed by atoms with Crippen LogP contribution in [0.5, 0.6) is 0 Å². The van der Waals surface area contributed by atoms with Gasteiger partial charge >= 0.3 is 0 Å². The lowest BCUT2D eigenvalue weighted by molar-refractivity contribution is 0.581. The summed E-state index contributed by atoms with van der Waals surface area (Å²) >= 11 is 1.62. The first kappa shape index (κ1) is 18.8. The average Bonchev–Trinajstić information content (AvgIpc) is 2.98. The highest BCUT2D eigenvalue weighted by Gasteiger charge is 2.05. The first-order valence-electron chi connectivity index (χ1n) is 6.66. The van der Waals surface area contributed by atoms with E-state index >= 15 is 0 Å². The molecule has 0 fully saturated rings. The first-order valence-corrected chi connectivity index (χ1v) is 7.60. The Hall–Kier alpha value is -1.22. The Morgan fingerprint density at radius 1 is 1.23 bits per heavy atom. The van der Waals surface area contributed by atoms with Crippen LogP contribution in [0, 0.1) is 11.6 Å². The summed E-state index contributed by atoms with van der Waals surface area (Å²) in [6, 6.07) is 5.42. The molecule has 1 heterocycles. The molecule has 0 amide bonds. The van der Waals surface area contributed by atoms with E-state index in [1.165, 1.54) is 6.07 Å². The number of hydrogen-bond acceptors (Lipinski definition) is 2. The predicted molar refractivity (Wildman–Crippen MR) is 97.7 cm³/mol. The lowest BCUT2D eigenvalue weighted by Crippen LogP contribution is -2.37. The van der Waals surface area contributed by atoms with Crippen LogP contribution in [0.15, 0.2) is 40.0 Å². The van der Waals surface area contributed by atoms with E-state index in [-0.39, 0.29) is 36.1 Å². The molecule has 22 heavy (non-hydrogen) atoms. The quantitative estimate of drug-likeness (QED) is 0.423. The fourth-order valence-electron chi connectivity index (χ4n) is 1.75. The monoisotopic (exact) mass is 437 g/mol. The molecular weight excluding hydrogens is 419 g/mol. The van der Waals surface area contributed by atoms with Crippen molar-refractivity contribution in [2.75, 3.05) is 6.54 Å². The molecule has 0 aliphatic rings. The summed E-state index contributed by atoms with van der Waals surface area (Å²) in [5, 5.41) is 10.1. The highest BCUT2D eigenvalue weighted by molar-refractivity contribution is 14.0. The topological polar surface area (TPSA) is 36.4 Å². The van der Waals surface area contributed by atoms with Crippen LogP contribution >= 0.6 is 35.3 Å². The van der Waals surface area contributed by atoms with Gasteiger partial charge in [0.25, 0.3) is 0 Å². The minimum atomic E-state index is -0.451. The lowest BCUT2D eigenvalue weighted by atomic mass is 10.2. The van der Waals surface area contributed by atoms with Crippen molar-refractivity contribution < 1.29 is 8.78 Å². The van der Waals surface area contributed by atoms with E-state index in [1.54, 1.807) is 11.3 Å². The van der Waals surface area contributed by atoms with Gasteiger partial charge in [0.2, 0.25) is 0 Å². The molecule has 1 aromatic heterocycles. The largest absolute Gasteiger partial charge is 0.357 e. The van der Waals surface area contributed by atoms with Crippen molar-refractivity contribution in [2.24, 2.45) is 4.99 Å². The summed E-state index contributed by atoms with van der Waals surface area (Å²) in [5.74, 6) is -0.307. The molecule has 0 spiro atoms. The molecule has 0 radical (unpaired) electrons. The summed E-state index contributed by atoms with van der Waals surface area (Å²) in [4.78, 5) is 4.41. The fraction of sp³-hybridized carbons (Fsp3) is 0.267. The molecule has 120 valence electrons. The number of nitrogens with one attached hydrogen (secondary N) is 2. The second-order valence-electron chi connectivity index (χ2n) is 4.42. The van der Waals surface area contributed by atoms with Gasteiger partial charge in [-0.25, -0.2) is 13.8 Å². The zero-order chi connectivity index (χ0) is 15.1. The van der Waals surface area contributed by atoms with E-state index in [0.29, 0.717) is 19.0 Å². The van der Waals surface area contributed by atoms with Crippen molar-refractivity contribution in [3.05, 3.63) is 57.8 Å². The maximum atomic E-state index is 13.5. The number of halogens is 3. The number of hydrogen-bond donors (Lipinski definition) is 2. The fourth-order valence-corrected chi connectivity index (χ4v) is 2.41. The van der Waals surface area contributed by atoms with Crippen molar-refractivity contribution in [3.8, 4) is 0 Å². The summed E-state index contributed by atoms with van der Waals surface area (Å²) in [6.07, 6.45) is 0. The van der Waals surface area contributed by atoms with Gasteiger partial charge in [0.15, 0.2) is 5.96 Å². The SMILES string of the molecule is CCNC(=NCc1ccsc1)NCc1cc(F)ccc1F.I. The van der Waals surface area contributed by atoms with Crippen LogP contribution in [0.2, 0.25) is 0 Å². The molecule has 3 nitrogen and oxygen atoms in total. The van der Waals surface area contributed by atoms with E-state index in [0.717, 1.165) is 17.7 Å². The first-order chi connectivity index (χ1) is 10.2. The van der Waals surface area contributed by atoms with Crippen LogP contribution in [0.4, 0.5) is 8.78 Å².